The summed E-state index contributed by atoms with van der Waals surface area (Å²) in [5.74, 6) is -0.0910. The summed E-state index contributed by atoms with van der Waals surface area (Å²) in [5.41, 5.74) is 3.37. The van der Waals surface area contributed by atoms with Crippen molar-refractivity contribution in [2.24, 2.45) is 0 Å². The first-order valence-electron chi connectivity index (χ1n) is 7.59. The summed E-state index contributed by atoms with van der Waals surface area (Å²) >= 11 is 0. The van der Waals surface area contributed by atoms with Crippen LogP contribution in [0.25, 0.3) is 0 Å². The van der Waals surface area contributed by atoms with Crippen molar-refractivity contribution in [3.05, 3.63) is 71.3 Å². The highest BCUT2D eigenvalue weighted by Crippen LogP contribution is 2.17. The summed E-state index contributed by atoms with van der Waals surface area (Å²) in [6, 6.07) is 17.9. The zero-order chi connectivity index (χ0) is 15.9. The van der Waals surface area contributed by atoms with Crippen LogP contribution in [0.4, 0.5) is 0 Å². The standard InChI is InChI=1S/C19H23NO2/c1-14-9-7-8-12-18(14)15(2)20-19(21)16(3)22-13-17-10-5-4-6-11-17/h4-12,15-16H,13H2,1-3H3,(H,20,21)/t15-,16-/m0/s1. The Bertz CT molecular complexity index is 610. The largest absolute Gasteiger partial charge is 0.364 e. The number of aryl methyl sites for hydroxylation is 1. The lowest BCUT2D eigenvalue weighted by molar-refractivity contribution is -0.133. The van der Waals surface area contributed by atoms with E-state index in [0.717, 1.165) is 11.1 Å². The third-order valence-corrected chi connectivity index (χ3v) is 3.73. The van der Waals surface area contributed by atoms with E-state index in [1.54, 1.807) is 6.92 Å². The van der Waals surface area contributed by atoms with Crippen LogP contribution in [0.2, 0.25) is 0 Å². The van der Waals surface area contributed by atoms with Gasteiger partial charge in [-0.25, -0.2) is 0 Å². The van der Waals surface area contributed by atoms with Gasteiger partial charge in [0.15, 0.2) is 0 Å². The number of hydrogen-bond donors (Lipinski definition) is 1. The van der Waals surface area contributed by atoms with Gasteiger partial charge in [-0.2, -0.15) is 0 Å². The maximum atomic E-state index is 12.2. The van der Waals surface area contributed by atoms with Crippen LogP contribution in [0.3, 0.4) is 0 Å². The first kappa shape index (κ1) is 16.2. The van der Waals surface area contributed by atoms with Crippen LogP contribution in [0.15, 0.2) is 54.6 Å². The van der Waals surface area contributed by atoms with E-state index in [1.807, 2.05) is 68.4 Å². The van der Waals surface area contributed by atoms with Gasteiger partial charge < -0.3 is 10.1 Å². The van der Waals surface area contributed by atoms with Gasteiger partial charge in [0.1, 0.15) is 6.10 Å². The van der Waals surface area contributed by atoms with Crippen molar-refractivity contribution in [2.45, 2.75) is 39.5 Å². The highest BCUT2D eigenvalue weighted by Gasteiger charge is 2.17. The Morgan fingerprint density at radius 1 is 1.05 bits per heavy atom. The predicted octanol–water partition coefficient (Wildman–Crippen LogP) is 3.78. The van der Waals surface area contributed by atoms with Gasteiger partial charge in [0.2, 0.25) is 5.91 Å². The lowest BCUT2D eigenvalue weighted by Crippen LogP contribution is -2.36. The summed E-state index contributed by atoms with van der Waals surface area (Å²) < 4.78 is 5.64. The Labute approximate surface area is 132 Å². The fourth-order valence-electron chi connectivity index (χ4n) is 2.35. The van der Waals surface area contributed by atoms with E-state index < -0.39 is 6.10 Å². The van der Waals surface area contributed by atoms with E-state index >= 15 is 0 Å². The smallest absolute Gasteiger partial charge is 0.249 e. The first-order chi connectivity index (χ1) is 10.6. The van der Waals surface area contributed by atoms with Crippen molar-refractivity contribution in [2.75, 3.05) is 0 Å². The molecule has 0 fully saturated rings. The van der Waals surface area contributed by atoms with Gasteiger partial charge in [-0.3, -0.25) is 4.79 Å². The molecule has 2 rings (SSSR count). The van der Waals surface area contributed by atoms with Gasteiger partial charge >= 0.3 is 0 Å². The van der Waals surface area contributed by atoms with Crippen molar-refractivity contribution >= 4 is 5.91 Å². The molecule has 3 nitrogen and oxygen atoms in total. The molecule has 2 aromatic carbocycles. The Balaban J connectivity index is 1.87. The number of carbonyl (C=O) groups is 1. The second-order valence-electron chi connectivity index (χ2n) is 5.53. The zero-order valence-electron chi connectivity index (χ0n) is 13.4. The number of nitrogens with one attached hydrogen (secondary N) is 1. The van der Waals surface area contributed by atoms with Gasteiger partial charge in [0.25, 0.3) is 0 Å². The molecule has 0 aliphatic heterocycles. The third kappa shape index (κ3) is 4.43. The predicted molar refractivity (Wildman–Crippen MR) is 88.4 cm³/mol. The molecule has 2 atom stereocenters. The van der Waals surface area contributed by atoms with E-state index in [9.17, 15) is 4.79 Å². The van der Waals surface area contributed by atoms with Gasteiger partial charge in [-0.15, -0.1) is 0 Å². The van der Waals surface area contributed by atoms with Crippen LogP contribution in [0, 0.1) is 6.92 Å². The van der Waals surface area contributed by atoms with Crippen LogP contribution in [-0.4, -0.2) is 12.0 Å². The SMILES string of the molecule is Cc1ccccc1[C@H](C)NC(=O)[C@H](C)OCc1ccccc1. The van der Waals surface area contributed by atoms with Crippen molar-refractivity contribution < 1.29 is 9.53 Å². The van der Waals surface area contributed by atoms with Gasteiger partial charge in [0.05, 0.1) is 12.6 Å². The lowest BCUT2D eigenvalue weighted by atomic mass is 10.0. The molecule has 0 bridgehead atoms. The van der Waals surface area contributed by atoms with Crippen LogP contribution in [0.1, 0.15) is 36.6 Å². The quantitative estimate of drug-likeness (QED) is 0.881. The number of benzene rings is 2. The number of hydrogen-bond acceptors (Lipinski definition) is 2. The maximum absolute atomic E-state index is 12.2. The highest BCUT2D eigenvalue weighted by molar-refractivity contribution is 5.80. The summed E-state index contributed by atoms with van der Waals surface area (Å²) in [4.78, 5) is 12.2. The van der Waals surface area contributed by atoms with Crippen molar-refractivity contribution in [1.29, 1.82) is 0 Å². The van der Waals surface area contributed by atoms with Gasteiger partial charge in [-0.05, 0) is 37.5 Å². The van der Waals surface area contributed by atoms with Crippen LogP contribution in [-0.2, 0) is 16.1 Å². The van der Waals surface area contributed by atoms with E-state index in [0.29, 0.717) is 6.61 Å². The minimum absolute atomic E-state index is 0.0310. The van der Waals surface area contributed by atoms with Crippen molar-refractivity contribution in [1.82, 2.24) is 5.32 Å². The molecule has 0 heterocycles. The molecule has 1 amide bonds. The topological polar surface area (TPSA) is 38.3 Å². The van der Waals surface area contributed by atoms with Crippen molar-refractivity contribution in [3.8, 4) is 0 Å². The second kappa shape index (κ2) is 7.76. The Morgan fingerprint density at radius 3 is 2.36 bits per heavy atom. The molecule has 0 unspecified atom stereocenters. The Hall–Kier alpha value is -2.13. The maximum Gasteiger partial charge on any atom is 0.249 e. The second-order valence-corrected chi connectivity index (χ2v) is 5.53. The molecular weight excluding hydrogens is 274 g/mol. The van der Waals surface area contributed by atoms with E-state index in [2.05, 4.69) is 5.32 Å². The average molecular weight is 297 g/mol. The molecule has 0 aliphatic carbocycles. The van der Waals surface area contributed by atoms with Crippen LogP contribution < -0.4 is 5.32 Å². The summed E-state index contributed by atoms with van der Waals surface area (Å²) in [6.45, 7) is 6.26. The molecule has 0 saturated heterocycles. The van der Waals surface area contributed by atoms with Crippen LogP contribution >= 0.6 is 0 Å². The zero-order valence-corrected chi connectivity index (χ0v) is 13.4. The summed E-state index contributed by atoms with van der Waals surface area (Å²) in [7, 11) is 0. The summed E-state index contributed by atoms with van der Waals surface area (Å²) in [5, 5.41) is 3.01. The average Bonchev–Trinajstić information content (AvgIpc) is 2.53. The molecule has 3 heteroatoms. The minimum atomic E-state index is -0.480. The molecule has 0 radical (unpaired) electrons. The van der Waals surface area contributed by atoms with E-state index in [1.165, 1.54) is 5.56 Å². The fraction of sp³-hybridized carbons (Fsp3) is 0.316. The molecule has 0 spiro atoms. The van der Waals surface area contributed by atoms with E-state index in [4.69, 9.17) is 4.74 Å². The normalized spacial score (nSPS) is 13.4. The molecule has 1 N–H and O–H groups in total. The lowest BCUT2D eigenvalue weighted by Gasteiger charge is -2.19. The minimum Gasteiger partial charge on any atom is -0.364 e. The van der Waals surface area contributed by atoms with Crippen LogP contribution in [0.5, 0.6) is 0 Å². The monoisotopic (exact) mass is 297 g/mol. The molecule has 0 saturated carbocycles. The number of carbonyl (C=O) groups excluding carboxylic acids is 1. The molecule has 116 valence electrons. The molecule has 2 aromatic rings. The molecule has 0 aromatic heterocycles. The summed E-state index contributed by atoms with van der Waals surface area (Å²) in [6.07, 6.45) is -0.480. The third-order valence-electron chi connectivity index (χ3n) is 3.73. The number of rotatable bonds is 6. The fourth-order valence-corrected chi connectivity index (χ4v) is 2.35. The molecule has 0 aliphatic rings. The number of amides is 1. The number of ether oxygens (including phenoxy) is 1. The highest BCUT2D eigenvalue weighted by atomic mass is 16.5. The molecular formula is C19H23NO2. The Morgan fingerprint density at radius 2 is 1.68 bits per heavy atom. The van der Waals surface area contributed by atoms with Crippen molar-refractivity contribution in [3.63, 3.8) is 0 Å². The first-order valence-corrected chi connectivity index (χ1v) is 7.59. The molecule has 22 heavy (non-hydrogen) atoms. The van der Waals surface area contributed by atoms with E-state index in [-0.39, 0.29) is 11.9 Å². The Kier molecular flexibility index (Phi) is 5.73. The van der Waals surface area contributed by atoms with Gasteiger partial charge in [-0.1, -0.05) is 54.6 Å². The van der Waals surface area contributed by atoms with Gasteiger partial charge in [0, 0.05) is 0 Å².